The summed E-state index contributed by atoms with van der Waals surface area (Å²) in [7, 11) is 3.06. The minimum absolute atomic E-state index is 0.158. The lowest BCUT2D eigenvalue weighted by atomic mass is 10.0. The predicted octanol–water partition coefficient (Wildman–Crippen LogP) is 4.11. The van der Waals surface area contributed by atoms with Gasteiger partial charge in [0.1, 0.15) is 11.7 Å². The molecule has 1 atom stereocenters. The molecule has 7 heteroatoms. The number of methoxy groups -OCH3 is 2. The summed E-state index contributed by atoms with van der Waals surface area (Å²) in [6.45, 7) is 2.44. The van der Waals surface area contributed by atoms with Crippen LogP contribution in [0.4, 0.5) is 5.69 Å². The van der Waals surface area contributed by atoms with Gasteiger partial charge in [-0.25, -0.2) is 0 Å². The van der Waals surface area contributed by atoms with E-state index in [9.17, 15) is 9.59 Å². The zero-order valence-electron chi connectivity index (χ0n) is 17.1. The van der Waals surface area contributed by atoms with Crippen molar-refractivity contribution in [2.24, 2.45) is 0 Å². The Morgan fingerprint density at radius 2 is 1.87 bits per heavy atom. The Balaban J connectivity index is 1.63. The number of carbonyl (C=O) groups is 2. The van der Waals surface area contributed by atoms with Crippen molar-refractivity contribution in [3.05, 3.63) is 53.3 Å². The molecule has 4 rings (SSSR count). The fraction of sp³-hybridized carbons (Fsp3) is 0.304. The fourth-order valence-electron chi connectivity index (χ4n) is 3.63. The maximum absolute atomic E-state index is 13.1. The number of fused-ring (bicyclic) bond motifs is 1. The maximum Gasteiger partial charge on any atom is 0.253 e. The molecule has 1 fully saturated rings. The highest BCUT2D eigenvalue weighted by Crippen LogP contribution is 2.32. The average Bonchev–Trinajstić information content (AvgIpc) is 3.41. The predicted molar refractivity (Wildman–Crippen MR) is 112 cm³/mol. The van der Waals surface area contributed by atoms with E-state index in [1.165, 1.54) is 14.2 Å². The van der Waals surface area contributed by atoms with Crippen molar-refractivity contribution in [2.75, 3.05) is 26.1 Å². The first kappa shape index (κ1) is 20.0. The van der Waals surface area contributed by atoms with Crippen molar-refractivity contribution in [2.45, 2.75) is 25.9 Å². The smallest absolute Gasteiger partial charge is 0.253 e. The van der Waals surface area contributed by atoms with Crippen molar-refractivity contribution < 1.29 is 28.2 Å². The van der Waals surface area contributed by atoms with Crippen molar-refractivity contribution in [3.8, 4) is 11.5 Å². The van der Waals surface area contributed by atoms with Gasteiger partial charge in [-0.2, -0.15) is 0 Å². The number of benzene rings is 2. The first-order valence-electron chi connectivity index (χ1n) is 9.74. The van der Waals surface area contributed by atoms with E-state index < -0.39 is 6.10 Å². The first-order valence-corrected chi connectivity index (χ1v) is 9.74. The molecule has 3 aromatic rings. The molecule has 1 aliphatic heterocycles. The minimum Gasteiger partial charge on any atom is -0.493 e. The summed E-state index contributed by atoms with van der Waals surface area (Å²) in [6, 6.07) is 10.3. The molecule has 156 valence electrons. The van der Waals surface area contributed by atoms with Gasteiger partial charge < -0.3 is 23.9 Å². The van der Waals surface area contributed by atoms with E-state index in [2.05, 4.69) is 5.32 Å². The zero-order valence-corrected chi connectivity index (χ0v) is 17.1. The van der Waals surface area contributed by atoms with Gasteiger partial charge in [-0.05, 0) is 56.2 Å². The molecule has 1 aliphatic rings. The monoisotopic (exact) mass is 409 g/mol. The molecule has 2 heterocycles. The summed E-state index contributed by atoms with van der Waals surface area (Å²) in [5.74, 6) is 0.849. The molecule has 1 amide bonds. The SMILES string of the molecule is COc1ccc(C(=O)c2oc3ccc(NC(=O)C4CCCO4)cc3c2C)cc1OC. The van der Waals surface area contributed by atoms with E-state index >= 15 is 0 Å². The van der Waals surface area contributed by atoms with Crippen LogP contribution in [-0.4, -0.2) is 38.6 Å². The molecule has 1 unspecified atom stereocenters. The van der Waals surface area contributed by atoms with Crippen molar-refractivity contribution in [1.29, 1.82) is 0 Å². The van der Waals surface area contributed by atoms with Crippen LogP contribution in [0.15, 0.2) is 40.8 Å². The van der Waals surface area contributed by atoms with Crippen LogP contribution in [0.25, 0.3) is 11.0 Å². The number of carbonyl (C=O) groups excluding carboxylic acids is 2. The van der Waals surface area contributed by atoms with Gasteiger partial charge in [0, 0.05) is 28.8 Å². The summed E-state index contributed by atoms with van der Waals surface area (Å²) in [5.41, 5.74) is 2.35. The number of ether oxygens (including phenoxy) is 3. The quantitative estimate of drug-likeness (QED) is 0.617. The third-order valence-corrected chi connectivity index (χ3v) is 5.28. The van der Waals surface area contributed by atoms with E-state index in [1.807, 2.05) is 13.0 Å². The molecule has 0 bridgehead atoms. The van der Waals surface area contributed by atoms with E-state index in [1.54, 1.807) is 30.3 Å². The number of nitrogens with one attached hydrogen (secondary N) is 1. The largest absolute Gasteiger partial charge is 0.493 e. The van der Waals surface area contributed by atoms with Crippen LogP contribution in [0.1, 0.15) is 34.5 Å². The van der Waals surface area contributed by atoms with Crippen molar-refractivity contribution in [1.82, 2.24) is 0 Å². The van der Waals surface area contributed by atoms with Gasteiger partial charge in [-0.1, -0.05) is 0 Å². The molecule has 0 spiro atoms. The van der Waals surface area contributed by atoms with Crippen LogP contribution < -0.4 is 14.8 Å². The van der Waals surface area contributed by atoms with Crippen LogP contribution >= 0.6 is 0 Å². The van der Waals surface area contributed by atoms with Gasteiger partial charge in [-0.15, -0.1) is 0 Å². The van der Waals surface area contributed by atoms with Crippen molar-refractivity contribution >= 4 is 28.3 Å². The lowest BCUT2D eigenvalue weighted by Gasteiger charge is -2.10. The second kappa shape index (κ2) is 8.20. The average molecular weight is 409 g/mol. The van der Waals surface area contributed by atoms with Gasteiger partial charge in [0.05, 0.1) is 14.2 Å². The maximum atomic E-state index is 13.1. The summed E-state index contributed by atoms with van der Waals surface area (Å²) in [6.07, 6.45) is 1.20. The number of anilines is 1. The third kappa shape index (κ3) is 3.64. The molecule has 0 saturated carbocycles. The van der Waals surface area contributed by atoms with E-state index in [0.29, 0.717) is 40.5 Å². The summed E-state index contributed by atoms with van der Waals surface area (Å²) >= 11 is 0. The number of amides is 1. The van der Waals surface area contributed by atoms with E-state index in [-0.39, 0.29) is 17.5 Å². The molecule has 0 radical (unpaired) electrons. The van der Waals surface area contributed by atoms with Crippen LogP contribution in [0.2, 0.25) is 0 Å². The number of ketones is 1. The Labute approximate surface area is 173 Å². The minimum atomic E-state index is -0.409. The highest BCUT2D eigenvalue weighted by Gasteiger charge is 2.24. The van der Waals surface area contributed by atoms with Crippen LogP contribution in [0.5, 0.6) is 11.5 Å². The van der Waals surface area contributed by atoms with Crippen LogP contribution in [0, 0.1) is 6.92 Å². The standard InChI is InChI=1S/C23H23NO6/c1-13-16-12-15(24-23(26)19-5-4-10-29-19)7-9-17(16)30-22(13)21(25)14-6-8-18(27-2)20(11-14)28-3/h6-9,11-12,19H,4-5,10H2,1-3H3,(H,24,26). The summed E-state index contributed by atoms with van der Waals surface area (Å²) in [4.78, 5) is 25.4. The molecule has 30 heavy (non-hydrogen) atoms. The second-order valence-electron chi connectivity index (χ2n) is 7.16. The normalized spacial score (nSPS) is 15.9. The molecule has 1 aromatic heterocycles. The number of hydrogen-bond acceptors (Lipinski definition) is 6. The van der Waals surface area contributed by atoms with Gasteiger partial charge >= 0.3 is 0 Å². The van der Waals surface area contributed by atoms with E-state index in [4.69, 9.17) is 18.6 Å². The Kier molecular flexibility index (Phi) is 5.46. The van der Waals surface area contributed by atoms with E-state index in [0.717, 1.165) is 18.2 Å². The molecule has 1 saturated heterocycles. The molecule has 2 aromatic carbocycles. The Morgan fingerprint density at radius 1 is 1.07 bits per heavy atom. The first-order chi connectivity index (χ1) is 14.5. The van der Waals surface area contributed by atoms with Crippen LogP contribution in [0.3, 0.4) is 0 Å². The highest BCUT2D eigenvalue weighted by molar-refractivity contribution is 6.11. The lowest BCUT2D eigenvalue weighted by Crippen LogP contribution is -2.26. The second-order valence-corrected chi connectivity index (χ2v) is 7.16. The Bertz CT molecular complexity index is 1110. The number of rotatable bonds is 6. The molecule has 0 aliphatic carbocycles. The van der Waals surface area contributed by atoms with Gasteiger partial charge in [-0.3, -0.25) is 9.59 Å². The summed E-state index contributed by atoms with van der Waals surface area (Å²) < 4.78 is 21.8. The number of hydrogen-bond donors (Lipinski definition) is 1. The Hall–Kier alpha value is -3.32. The van der Waals surface area contributed by atoms with Gasteiger partial charge in [0.2, 0.25) is 5.78 Å². The molecular weight excluding hydrogens is 386 g/mol. The zero-order chi connectivity index (χ0) is 21.3. The van der Waals surface area contributed by atoms with Gasteiger partial charge in [0.25, 0.3) is 5.91 Å². The highest BCUT2D eigenvalue weighted by atomic mass is 16.5. The molecule has 7 nitrogen and oxygen atoms in total. The van der Waals surface area contributed by atoms with Crippen LogP contribution in [-0.2, 0) is 9.53 Å². The fourth-order valence-corrected chi connectivity index (χ4v) is 3.63. The topological polar surface area (TPSA) is 87.0 Å². The summed E-state index contributed by atoms with van der Waals surface area (Å²) in [5, 5.41) is 3.65. The molecular formula is C23H23NO6. The Morgan fingerprint density at radius 3 is 2.57 bits per heavy atom. The number of aryl methyl sites for hydroxylation is 1. The molecule has 1 N–H and O–H groups in total. The third-order valence-electron chi connectivity index (χ3n) is 5.28. The lowest BCUT2D eigenvalue weighted by molar-refractivity contribution is -0.124. The number of furan rings is 1. The van der Waals surface area contributed by atoms with Crippen molar-refractivity contribution in [3.63, 3.8) is 0 Å². The van der Waals surface area contributed by atoms with Gasteiger partial charge in [0.15, 0.2) is 17.3 Å².